The SMILES string of the molecule is C[Si](C)(C)c1ccc(C=NNC(N)=O)s1. The minimum atomic E-state index is -1.23. The van der Waals surface area contributed by atoms with Crippen molar-refractivity contribution in [2.75, 3.05) is 0 Å². The standard InChI is InChI=1S/C9H15N3OSSi/c1-15(2,3)8-5-4-7(14-8)6-11-12-9(10)13/h4-6H,1-3H3,(H3,10,12,13). The first kappa shape index (κ1) is 11.9. The van der Waals surface area contributed by atoms with Crippen molar-refractivity contribution in [3.63, 3.8) is 0 Å². The number of nitrogens with zero attached hydrogens (tertiary/aromatic N) is 1. The predicted octanol–water partition coefficient (Wildman–Crippen LogP) is 1.30. The number of nitrogens with two attached hydrogens (primary N) is 1. The molecule has 0 spiro atoms. The van der Waals surface area contributed by atoms with Gasteiger partial charge in [-0.3, -0.25) is 0 Å². The summed E-state index contributed by atoms with van der Waals surface area (Å²) in [5.41, 5.74) is 7.05. The second kappa shape index (κ2) is 4.58. The number of hydrogen-bond donors (Lipinski definition) is 2. The van der Waals surface area contributed by atoms with E-state index in [2.05, 4.69) is 36.2 Å². The van der Waals surface area contributed by atoms with Gasteiger partial charge in [-0.1, -0.05) is 25.7 Å². The van der Waals surface area contributed by atoms with Crippen LogP contribution >= 0.6 is 11.3 Å². The van der Waals surface area contributed by atoms with E-state index in [4.69, 9.17) is 5.73 Å². The average Bonchev–Trinajstić information content (AvgIpc) is 2.51. The first-order chi connectivity index (χ1) is 6.89. The number of carbonyl (C=O) groups is 1. The van der Waals surface area contributed by atoms with Gasteiger partial charge in [-0.05, 0) is 10.6 Å². The summed E-state index contributed by atoms with van der Waals surface area (Å²) in [6.45, 7) is 6.88. The van der Waals surface area contributed by atoms with Crippen LogP contribution in [-0.2, 0) is 0 Å². The Hall–Kier alpha value is -1.14. The van der Waals surface area contributed by atoms with Gasteiger partial charge in [-0.25, -0.2) is 10.2 Å². The van der Waals surface area contributed by atoms with E-state index in [-0.39, 0.29) is 0 Å². The third kappa shape index (κ3) is 3.84. The van der Waals surface area contributed by atoms with Gasteiger partial charge in [-0.15, -0.1) is 11.3 Å². The maximum atomic E-state index is 10.4. The van der Waals surface area contributed by atoms with Crippen LogP contribution in [0.4, 0.5) is 4.79 Å². The molecule has 0 aliphatic rings. The molecule has 3 N–H and O–H groups in total. The van der Waals surface area contributed by atoms with Crippen molar-refractivity contribution in [1.82, 2.24) is 5.43 Å². The Bertz CT molecular complexity index is 381. The van der Waals surface area contributed by atoms with Crippen LogP contribution in [0.15, 0.2) is 17.2 Å². The molecule has 2 amide bonds. The lowest BCUT2D eigenvalue weighted by Crippen LogP contribution is -2.34. The molecular weight excluding hydrogens is 226 g/mol. The largest absolute Gasteiger partial charge is 0.350 e. The molecule has 4 nitrogen and oxygen atoms in total. The van der Waals surface area contributed by atoms with Crippen LogP contribution in [0.1, 0.15) is 4.88 Å². The quantitative estimate of drug-likeness (QED) is 0.467. The van der Waals surface area contributed by atoms with Crippen molar-refractivity contribution in [2.45, 2.75) is 19.6 Å². The van der Waals surface area contributed by atoms with Crippen LogP contribution in [-0.4, -0.2) is 20.3 Å². The summed E-state index contributed by atoms with van der Waals surface area (Å²) in [4.78, 5) is 11.4. The molecule has 6 heteroatoms. The van der Waals surface area contributed by atoms with Gasteiger partial charge in [0.05, 0.1) is 14.3 Å². The van der Waals surface area contributed by atoms with E-state index in [1.165, 1.54) is 4.50 Å². The lowest BCUT2D eigenvalue weighted by molar-refractivity contribution is 0.249. The molecule has 1 heterocycles. The monoisotopic (exact) mass is 241 g/mol. The third-order valence-electron chi connectivity index (χ3n) is 1.73. The van der Waals surface area contributed by atoms with Crippen LogP contribution in [0.25, 0.3) is 0 Å². The van der Waals surface area contributed by atoms with Crippen LogP contribution in [0.3, 0.4) is 0 Å². The Morgan fingerprint density at radius 2 is 2.20 bits per heavy atom. The molecule has 1 rings (SSSR count). The smallest absolute Gasteiger partial charge is 0.332 e. The molecule has 15 heavy (non-hydrogen) atoms. The Morgan fingerprint density at radius 3 is 2.67 bits per heavy atom. The number of primary amides is 1. The highest BCUT2D eigenvalue weighted by Crippen LogP contribution is 2.11. The van der Waals surface area contributed by atoms with Crippen molar-refractivity contribution in [3.8, 4) is 0 Å². The maximum Gasteiger partial charge on any atom is 0.332 e. The fourth-order valence-electron chi connectivity index (χ4n) is 0.985. The molecule has 1 aromatic heterocycles. The fourth-order valence-corrected chi connectivity index (χ4v) is 3.78. The molecule has 0 bridgehead atoms. The minimum Gasteiger partial charge on any atom is -0.350 e. The first-order valence-electron chi connectivity index (χ1n) is 4.58. The zero-order chi connectivity index (χ0) is 11.5. The maximum absolute atomic E-state index is 10.4. The molecule has 0 atom stereocenters. The highest BCUT2D eigenvalue weighted by atomic mass is 32.1. The molecule has 82 valence electrons. The fraction of sp³-hybridized carbons (Fsp3) is 0.333. The van der Waals surface area contributed by atoms with Gasteiger partial charge in [-0.2, -0.15) is 5.10 Å². The number of urea groups is 1. The molecule has 1 aromatic rings. The van der Waals surface area contributed by atoms with E-state index < -0.39 is 14.1 Å². The zero-order valence-corrected chi connectivity index (χ0v) is 10.9. The second-order valence-corrected chi connectivity index (χ2v) is 10.7. The zero-order valence-electron chi connectivity index (χ0n) is 9.07. The molecule has 0 aliphatic heterocycles. The predicted molar refractivity (Wildman–Crippen MR) is 67.6 cm³/mol. The van der Waals surface area contributed by atoms with Gasteiger partial charge < -0.3 is 5.73 Å². The summed E-state index contributed by atoms with van der Waals surface area (Å²) >= 11 is 1.71. The summed E-state index contributed by atoms with van der Waals surface area (Å²) in [5, 5.41) is 3.71. The van der Waals surface area contributed by atoms with Gasteiger partial charge in [0.25, 0.3) is 0 Å². The molecule has 0 fully saturated rings. The molecule has 0 unspecified atom stereocenters. The molecule has 0 saturated heterocycles. The van der Waals surface area contributed by atoms with Crippen molar-refractivity contribution in [2.24, 2.45) is 10.8 Å². The normalized spacial score (nSPS) is 11.9. The molecule has 0 aliphatic carbocycles. The number of carbonyl (C=O) groups excluding carboxylic acids is 1. The lowest BCUT2D eigenvalue weighted by Gasteiger charge is -2.11. The van der Waals surface area contributed by atoms with Crippen LogP contribution < -0.4 is 15.7 Å². The number of rotatable bonds is 3. The van der Waals surface area contributed by atoms with Crippen LogP contribution in [0, 0.1) is 0 Å². The summed E-state index contributed by atoms with van der Waals surface area (Å²) in [6.07, 6.45) is 1.61. The summed E-state index contributed by atoms with van der Waals surface area (Å²) in [6, 6.07) is 3.49. The van der Waals surface area contributed by atoms with Crippen molar-refractivity contribution in [1.29, 1.82) is 0 Å². The van der Waals surface area contributed by atoms with Crippen molar-refractivity contribution < 1.29 is 4.79 Å². The number of nitrogens with one attached hydrogen (secondary N) is 1. The van der Waals surface area contributed by atoms with E-state index >= 15 is 0 Å². The highest BCUT2D eigenvalue weighted by molar-refractivity contribution is 7.27. The van der Waals surface area contributed by atoms with Gasteiger partial charge in [0.15, 0.2) is 0 Å². The number of hydrogen-bond acceptors (Lipinski definition) is 3. The van der Waals surface area contributed by atoms with Gasteiger partial charge in [0, 0.05) is 4.88 Å². The van der Waals surface area contributed by atoms with Gasteiger partial charge in [0.1, 0.15) is 0 Å². The van der Waals surface area contributed by atoms with E-state index in [0.717, 1.165) is 4.88 Å². The molecular formula is C9H15N3OSSi. The first-order valence-corrected chi connectivity index (χ1v) is 8.90. The number of thiophene rings is 1. The van der Waals surface area contributed by atoms with E-state index in [0.29, 0.717) is 0 Å². The average molecular weight is 241 g/mol. The van der Waals surface area contributed by atoms with E-state index in [1.54, 1.807) is 17.6 Å². The minimum absolute atomic E-state index is 0.645. The molecule has 0 radical (unpaired) electrons. The molecule has 0 aromatic carbocycles. The number of hydrazone groups is 1. The van der Waals surface area contributed by atoms with Crippen LogP contribution in [0.5, 0.6) is 0 Å². The lowest BCUT2D eigenvalue weighted by atomic mass is 10.5. The van der Waals surface area contributed by atoms with E-state index in [1.807, 2.05) is 6.07 Å². The van der Waals surface area contributed by atoms with Gasteiger partial charge in [0.2, 0.25) is 0 Å². The topological polar surface area (TPSA) is 67.5 Å². The second-order valence-electron chi connectivity index (χ2n) is 4.19. The number of amides is 2. The summed E-state index contributed by atoms with van der Waals surface area (Å²) in [5.74, 6) is 0. The Balaban J connectivity index is 2.69. The van der Waals surface area contributed by atoms with Crippen LogP contribution in [0.2, 0.25) is 19.6 Å². The van der Waals surface area contributed by atoms with Gasteiger partial charge >= 0.3 is 6.03 Å². The van der Waals surface area contributed by atoms with Crippen molar-refractivity contribution >= 4 is 36.2 Å². The Kier molecular flexibility index (Phi) is 3.65. The van der Waals surface area contributed by atoms with E-state index in [9.17, 15) is 4.79 Å². The Morgan fingerprint density at radius 1 is 1.53 bits per heavy atom. The summed E-state index contributed by atoms with van der Waals surface area (Å²) in [7, 11) is -1.23. The highest BCUT2D eigenvalue weighted by Gasteiger charge is 2.17. The summed E-state index contributed by atoms with van der Waals surface area (Å²) < 4.78 is 1.42. The van der Waals surface area contributed by atoms with Crippen molar-refractivity contribution in [3.05, 3.63) is 17.0 Å². The Labute approximate surface area is 94.2 Å². The molecule has 0 saturated carbocycles. The third-order valence-corrected chi connectivity index (χ3v) is 6.35.